The maximum atomic E-state index is 12.2. The lowest BCUT2D eigenvalue weighted by molar-refractivity contribution is -0.136. The molecule has 0 spiro atoms. The molecule has 0 saturated heterocycles. The molecule has 1 aliphatic heterocycles. The van der Waals surface area contributed by atoms with Crippen LogP contribution in [0.5, 0.6) is 0 Å². The van der Waals surface area contributed by atoms with Crippen LogP contribution in [0, 0.1) is 0 Å². The molecule has 6 heteroatoms. The van der Waals surface area contributed by atoms with Crippen LogP contribution in [0.1, 0.15) is 36.5 Å². The molecule has 0 fully saturated rings. The van der Waals surface area contributed by atoms with Crippen molar-refractivity contribution < 1.29 is 17.9 Å². The van der Waals surface area contributed by atoms with E-state index in [9.17, 15) is 13.2 Å². The Labute approximate surface area is 116 Å². The van der Waals surface area contributed by atoms with Crippen molar-refractivity contribution in [1.29, 1.82) is 0 Å². The second kappa shape index (κ2) is 6.56. The summed E-state index contributed by atoms with van der Waals surface area (Å²) in [5.41, 5.74) is 4.81. The largest absolute Gasteiger partial charge is 0.389 e. The molecule has 112 valence electrons. The van der Waals surface area contributed by atoms with Crippen molar-refractivity contribution in [1.82, 2.24) is 5.43 Å². The fraction of sp³-hybridized carbons (Fsp3) is 0.571. The van der Waals surface area contributed by atoms with Gasteiger partial charge in [0.1, 0.15) is 0 Å². The molecule has 2 atom stereocenters. The third-order valence-electron chi connectivity index (χ3n) is 3.59. The Kier molecular flexibility index (Phi) is 5.01. The fourth-order valence-electron chi connectivity index (χ4n) is 2.60. The van der Waals surface area contributed by atoms with Gasteiger partial charge in [0.2, 0.25) is 0 Å². The van der Waals surface area contributed by atoms with Crippen molar-refractivity contribution >= 4 is 0 Å². The number of ether oxygens (including phenoxy) is 1. The number of nitrogens with two attached hydrogens (primary N) is 1. The van der Waals surface area contributed by atoms with Crippen molar-refractivity contribution in [2.75, 3.05) is 6.61 Å². The normalized spacial score (nSPS) is 20.5. The van der Waals surface area contributed by atoms with Gasteiger partial charge in [-0.25, -0.2) is 0 Å². The Balaban J connectivity index is 2.01. The van der Waals surface area contributed by atoms with Crippen LogP contribution in [0.3, 0.4) is 0 Å². The van der Waals surface area contributed by atoms with E-state index in [1.54, 1.807) is 0 Å². The molecule has 3 N–H and O–H groups in total. The molecule has 2 rings (SSSR count). The van der Waals surface area contributed by atoms with E-state index in [4.69, 9.17) is 10.6 Å². The van der Waals surface area contributed by atoms with Crippen LogP contribution in [0.2, 0.25) is 0 Å². The van der Waals surface area contributed by atoms with Crippen LogP contribution < -0.4 is 11.3 Å². The van der Waals surface area contributed by atoms with Crippen molar-refractivity contribution in [3.63, 3.8) is 0 Å². The number of fused-ring (bicyclic) bond motifs is 1. The molecule has 0 aliphatic carbocycles. The van der Waals surface area contributed by atoms with Crippen LogP contribution >= 0.6 is 0 Å². The number of hydrogen-bond acceptors (Lipinski definition) is 3. The van der Waals surface area contributed by atoms with E-state index >= 15 is 0 Å². The lowest BCUT2D eigenvalue weighted by Crippen LogP contribution is -2.42. The molecule has 3 nitrogen and oxygen atoms in total. The first-order valence-corrected chi connectivity index (χ1v) is 6.73. The van der Waals surface area contributed by atoms with Gasteiger partial charge in [0, 0.05) is 6.42 Å². The molecule has 0 amide bonds. The third-order valence-corrected chi connectivity index (χ3v) is 3.59. The van der Waals surface area contributed by atoms with Crippen LogP contribution in [-0.4, -0.2) is 18.8 Å². The molecule has 0 radical (unpaired) electrons. The van der Waals surface area contributed by atoms with Gasteiger partial charge in [0.25, 0.3) is 0 Å². The summed E-state index contributed by atoms with van der Waals surface area (Å²) >= 11 is 0. The first kappa shape index (κ1) is 15.3. The monoisotopic (exact) mass is 288 g/mol. The Bertz CT molecular complexity index is 437. The zero-order chi connectivity index (χ0) is 14.6. The van der Waals surface area contributed by atoms with E-state index < -0.39 is 12.6 Å². The van der Waals surface area contributed by atoms with Gasteiger partial charge in [-0.3, -0.25) is 11.3 Å². The van der Waals surface area contributed by atoms with Crippen molar-refractivity contribution in [2.45, 2.75) is 44.0 Å². The lowest BCUT2D eigenvalue weighted by atomic mass is 9.91. The summed E-state index contributed by atoms with van der Waals surface area (Å²) < 4.78 is 42.3. The number of alkyl halides is 3. The maximum absolute atomic E-state index is 12.2. The number of halogens is 3. The van der Waals surface area contributed by atoms with Gasteiger partial charge in [0.05, 0.1) is 18.8 Å². The minimum Gasteiger partial charge on any atom is -0.371 e. The zero-order valence-electron chi connectivity index (χ0n) is 11.1. The summed E-state index contributed by atoms with van der Waals surface area (Å²) in [6, 6.07) is 7.53. The predicted octanol–water partition coefficient (Wildman–Crippen LogP) is 2.86. The van der Waals surface area contributed by atoms with Gasteiger partial charge >= 0.3 is 6.18 Å². The Morgan fingerprint density at radius 1 is 1.35 bits per heavy atom. The Hall–Kier alpha value is -1.11. The second-order valence-electron chi connectivity index (χ2n) is 5.02. The highest BCUT2D eigenvalue weighted by molar-refractivity contribution is 5.31. The smallest absolute Gasteiger partial charge is 0.371 e. The topological polar surface area (TPSA) is 47.3 Å². The van der Waals surface area contributed by atoms with Crippen LogP contribution in [0.25, 0.3) is 0 Å². The summed E-state index contributed by atoms with van der Waals surface area (Å²) in [4.78, 5) is 0. The molecule has 0 bridgehead atoms. The van der Waals surface area contributed by atoms with Crippen LogP contribution in [0.15, 0.2) is 24.3 Å². The summed E-state index contributed by atoms with van der Waals surface area (Å²) in [6.07, 6.45) is -4.00. The number of nitrogens with one attached hydrogen (secondary N) is 1. The van der Waals surface area contributed by atoms with E-state index in [2.05, 4.69) is 5.43 Å². The lowest BCUT2D eigenvalue weighted by Gasteiger charge is -2.32. The molecule has 2 unspecified atom stereocenters. The molecular weight excluding hydrogens is 269 g/mol. The zero-order valence-corrected chi connectivity index (χ0v) is 11.1. The third kappa shape index (κ3) is 3.94. The average Bonchev–Trinajstić information content (AvgIpc) is 2.42. The summed E-state index contributed by atoms with van der Waals surface area (Å²) in [5.74, 6) is 5.50. The minimum atomic E-state index is -4.12. The average molecular weight is 288 g/mol. The molecule has 1 heterocycles. The second-order valence-corrected chi connectivity index (χ2v) is 5.02. The molecule has 1 aliphatic rings. The van der Waals surface area contributed by atoms with Crippen LogP contribution in [0.4, 0.5) is 13.2 Å². The van der Waals surface area contributed by atoms with E-state index in [0.29, 0.717) is 13.0 Å². The maximum Gasteiger partial charge on any atom is 0.389 e. The predicted molar refractivity (Wildman–Crippen MR) is 69.9 cm³/mol. The van der Waals surface area contributed by atoms with E-state index in [1.165, 1.54) is 5.56 Å². The van der Waals surface area contributed by atoms with Crippen molar-refractivity contribution in [3.8, 4) is 0 Å². The molecule has 1 aromatic carbocycles. The summed E-state index contributed by atoms with van der Waals surface area (Å²) in [5, 5.41) is 0. The van der Waals surface area contributed by atoms with Gasteiger partial charge in [-0.05, 0) is 30.4 Å². The minimum absolute atomic E-state index is 0.0421. The first-order valence-electron chi connectivity index (χ1n) is 6.73. The number of hydrazine groups is 1. The van der Waals surface area contributed by atoms with E-state index in [1.807, 2.05) is 24.3 Å². The molecule has 0 saturated carbocycles. The highest BCUT2D eigenvalue weighted by Crippen LogP contribution is 2.32. The summed E-state index contributed by atoms with van der Waals surface area (Å²) in [7, 11) is 0. The highest BCUT2D eigenvalue weighted by Gasteiger charge is 2.30. The highest BCUT2D eigenvalue weighted by atomic mass is 19.4. The van der Waals surface area contributed by atoms with Crippen molar-refractivity contribution in [3.05, 3.63) is 35.4 Å². The van der Waals surface area contributed by atoms with Gasteiger partial charge in [-0.15, -0.1) is 0 Å². The Morgan fingerprint density at radius 3 is 2.80 bits per heavy atom. The van der Waals surface area contributed by atoms with Crippen LogP contribution in [-0.2, 0) is 11.2 Å². The van der Waals surface area contributed by atoms with E-state index in [0.717, 1.165) is 12.0 Å². The SMILES string of the molecule is NNC(CCCC(F)(F)F)C1OCCc2ccccc21. The number of rotatable bonds is 5. The van der Waals surface area contributed by atoms with Gasteiger partial charge in [-0.1, -0.05) is 24.3 Å². The summed E-state index contributed by atoms with van der Waals surface area (Å²) in [6.45, 7) is 0.569. The molecular formula is C14H19F3N2O. The number of benzene rings is 1. The number of hydrogen-bond donors (Lipinski definition) is 2. The van der Waals surface area contributed by atoms with Crippen molar-refractivity contribution in [2.24, 2.45) is 5.84 Å². The van der Waals surface area contributed by atoms with E-state index in [-0.39, 0.29) is 18.6 Å². The quantitative estimate of drug-likeness (QED) is 0.647. The van der Waals surface area contributed by atoms with Gasteiger partial charge < -0.3 is 4.74 Å². The molecule has 0 aromatic heterocycles. The standard InChI is InChI=1S/C14H19F3N2O/c15-14(16,17)8-3-6-12(19-18)13-11-5-2-1-4-10(11)7-9-20-13/h1-2,4-5,12-13,19H,3,6-9,18H2. The van der Waals surface area contributed by atoms with Gasteiger partial charge in [0.15, 0.2) is 0 Å². The molecule has 1 aromatic rings. The van der Waals surface area contributed by atoms with Gasteiger partial charge in [-0.2, -0.15) is 13.2 Å². The Morgan fingerprint density at radius 2 is 2.10 bits per heavy atom. The molecule has 20 heavy (non-hydrogen) atoms. The first-order chi connectivity index (χ1) is 9.51. The fourth-order valence-corrected chi connectivity index (χ4v) is 2.60.